The largest absolute Gasteiger partial charge is 0.462 e. The quantitative estimate of drug-likeness (QED) is 0.615. The number of ether oxygens (including phenoxy) is 1. The van der Waals surface area contributed by atoms with Crippen LogP contribution in [-0.2, 0) is 26.1 Å². The molecule has 0 aliphatic carbocycles. The molecule has 0 radical (unpaired) electrons. The van der Waals surface area contributed by atoms with E-state index in [4.69, 9.17) is 4.74 Å². The van der Waals surface area contributed by atoms with Gasteiger partial charge in [-0.3, -0.25) is 4.79 Å². The summed E-state index contributed by atoms with van der Waals surface area (Å²) in [6.07, 6.45) is 2.73. The van der Waals surface area contributed by atoms with Crippen molar-refractivity contribution in [1.82, 2.24) is 13.9 Å². The van der Waals surface area contributed by atoms with Crippen molar-refractivity contribution < 1.29 is 22.7 Å². The summed E-state index contributed by atoms with van der Waals surface area (Å²) in [5.74, 6) is -0.994. The maximum Gasteiger partial charge on any atom is 0.341 e. The SMILES string of the molecule is CCOC(=O)c1c(S(=O)(=O)N2CCC[C@H](C(=O)Nc3cc(C)ccn3)C2)c(C)n(CC)c1C. The molecular weight excluding hydrogens is 444 g/mol. The molecule has 0 aromatic carbocycles. The van der Waals surface area contributed by atoms with Crippen molar-refractivity contribution in [2.75, 3.05) is 25.0 Å². The number of carbonyl (C=O) groups is 2. The van der Waals surface area contributed by atoms with Gasteiger partial charge in [-0.15, -0.1) is 0 Å². The fraction of sp³-hybridized carbons (Fsp3) is 0.522. The summed E-state index contributed by atoms with van der Waals surface area (Å²) >= 11 is 0. The zero-order chi connectivity index (χ0) is 24.3. The zero-order valence-corrected chi connectivity index (χ0v) is 20.7. The maximum atomic E-state index is 13.8. The summed E-state index contributed by atoms with van der Waals surface area (Å²) in [5, 5.41) is 2.79. The van der Waals surface area contributed by atoms with Gasteiger partial charge in [-0.05, 0) is 65.2 Å². The van der Waals surface area contributed by atoms with Crippen LogP contribution in [0.5, 0.6) is 0 Å². The van der Waals surface area contributed by atoms with E-state index in [0.717, 1.165) is 5.56 Å². The Bertz CT molecular complexity index is 1160. The molecule has 0 unspecified atom stereocenters. The number of piperidine rings is 1. The Hall–Kier alpha value is -2.72. The van der Waals surface area contributed by atoms with Crippen LogP contribution < -0.4 is 5.32 Å². The number of carbonyl (C=O) groups excluding carboxylic acids is 2. The second kappa shape index (κ2) is 10.0. The number of esters is 1. The maximum absolute atomic E-state index is 13.8. The van der Waals surface area contributed by atoms with Crippen molar-refractivity contribution in [3.8, 4) is 0 Å². The third-order valence-electron chi connectivity index (χ3n) is 6.04. The van der Waals surface area contributed by atoms with Crippen LogP contribution in [0.1, 0.15) is 54.0 Å². The number of aromatic nitrogens is 2. The van der Waals surface area contributed by atoms with E-state index in [1.165, 1.54) is 4.31 Å². The summed E-state index contributed by atoms with van der Waals surface area (Å²) in [4.78, 5) is 29.7. The number of aryl methyl sites for hydroxylation is 1. The van der Waals surface area contributed by atoms with E-state index in [9.17, 15) is 18.0 Å². The van der Waals surface area contributed by atoms with Gasteiger partial charge in [0.25, 0.3) is 0 Å². The topological polar surface area (TPSA) is 111 Å². The number of anilines is 1. The zero-order valence-electron chi connectivity index (χ0n) is 19.8. The second-order valence-electron chi connectivity index (χ2n) is 8.25. The lowest BCUT2D eigenvalue weighted by Crippen LogP contribution is -2.44. The number of sulfonamides is 1. The molecule has 3 heterocycles. The molecular formula is C23H32N4O5S. The summed E-state index contributed by atoms with van der Waals surface area (Å²) < 4.78 is 35.8. The van der Waals surface area contributed by atoms with E-state index in [1.807, 2.05) is 19.9 Å². The molecule has 2 aromatic rings. The van der Waals surface area contributed by atoms with Gasteiger partial charge in [0.1, 0.15) is 16.3 Å². The highest BCUT2D eigenvalue weighted by Crippen LogP contribution is 2.32. The number of pyridine rings is 1. The molecule has 0 saturated carbocycles. The van der Waals surface area contributed by atoms with Crippen LogP contribution in [0.25, 0.3) is 0 Å². The van der Waals surface area contributed by atoms with Gasteiger partial charge in [0.05, 0.1) is 12.5 Å². The summed E-state index contributed by atoms with van der Waals surface area (Å²) in [7, 11) is -4.03. The van der Waals surface area contributed by atoms with Gasteiger partial charge >= 0.3 is 5.97 Å². The van der Waals surface area contributed by atoms with Crippen molar-refractivity contribution in [2.24, 2.45) is 5.92 Å². The Morgan fingerprint density at radius 1 is 1.21 bits per heavy atom. The van der Waals surface area contributed by atoms with Gasteiger partial charge in [-0.2, -0.15) is 4.31 Å². The number of nitrogens with one attached hydrogen (secondary N) is 1. The average molecular weight is 477 g/mol. The fourth-order valence-electron chi connectivity index (χ4n) is 4.42. The molecule has 3 rings (SSSR count). The number of hydrogen-bond donors (Lipinski definition) is 1. The molecule has 1 saturated heterocycles. The first kappa shape index (κ1) is 24.9. The number of hydrogen-bond acceptors (Lipinski definition) is 6. The first-order valence-corrected chi connectivity index (χ1v) is 12.7. The standard InChI is InChI=1S/C23H32N4O5S/c1-6-27-16(4)20(23(29)32-7-2)21(17(27)5)33(30,31)26-12-8-9-18(14-26)22(28)25-19-13-15(3)10-11-24-19/h10-11,13,18H,6-9,12,14H2,1-5H3,(H,24,25,28)/t18-/m0/s1. The highest BCUT2D eigenvalue weighted by atomic mass is 32.2. The molecule has 180 valence electrons. The second-order valence-corrected chi connectivity index (χ2v) is 10.1. The Morgan fingerprint density at radius 2 is 1.94 bits per heavy atom. The number of rotatable bonds is 7. The lowest BCUT2D eigenvalue weighted by Gasteiger charge is -2.31. The molecule has 1 atom stereocenters. The molecule has 2 aromatic heterocycles. The molecule has 33 heavy (non-hydrogen) atoms. The third kappa shape index (κ3) is 4.96. The van der Waals surface area contributed by atoms with Crippen molar-refractivity contribution >= 4 is 27.7 Å². The number of nitrogens with zero attached hydrogens (tertiary/aromatic N) is 3. The van der Waals surface area contributed by atoms with Crippen molar-refractivity contribution in [3.63, 3.8) is 0 Å². The molecule has 10 heteroatoms. The molecule has 1 aliphatic rings. The Morgan fingerprint density at radius 3 is 2.58 bits per heavy atom. The van der Waals surface area contributed by atoms with Crippen molar-refractivity contribution in [2.45, 2.75) is 58.9 Å². The molecule has 0 bridgehead atoms. The van der Waals surface area contributed by atoms with Crippen LogP contribution in [0.4, 0.5) is 5.82 Å². The first-order valence-electron chi connectivity index (χ1n) is 11.2. The molecule has 1 aliphatic heterocycles. The molecule has 1 amide bonds. The van der Waals surface area contributed by atoms with Crippen molar-refractivity contribution in [3.05, 3.63) is 40.8 Å². The van der Waals surface area contributed by atoms with E-state index in [1.54, 1.807) is 37.6 Å². The van der Waals surface area contributed by atoms with Crippen LogP contribution in [0.15, 0.2) is 23.2 Å². The van der Waals surface area contributed by atoms with Crippen LogP contribution in [0.2, 0.25) is 0 Å². The van der Waals surface area contributed by atoms with Crippen LogP contribution >= 0.6 is 0 Å². The van der Waals surface area contributed by atoms with Crippen LogP contribution in [0, 0.1) is 26.7 Å². The van der Waals surface area contributed by atoms with E-state index in [0.29, 0.717) is 36.6 Å². The van der Waals surface area contributed by atoms with E-state index in [2.05, 4.69) is 10.3 Å². The Kier molecular flexibility index (Phi) is 7.58. The smallest absolute Gasteiger partial charge is 0.341 e. The van der Waals surface area contributed by atoms with Gasteiger partial charge in [0.15, 0.2) is 0 Å². The molecule has 1 N–H and O–H groups in total. The summed E-state index contributed by atoms with van der Waals surface area (Å²) in [5.41, 5.74) is 2.09. The van der Waals surface area contributed by atoms with E-state index >= 15 is 0 Å². The predicted octanol–water partition coefficient (Wildman–Crippen LogP) is 3.04. The lowest BCUT2D eigenvalue weighted by molar-refractivity contribution is -0.120. The van der Waals surface area contributed by atoms with E-state index < -0.39 is 21.9 Å². The Labute approximate surface area is 195 Å². The van der Waals surface area contributed by atoms with Gasteiger partial charge in [-0.25, -0.2) is 18.2 Å². The third-order valence-corrected chi connectivity index (χ3v) is 8.07. The van der Waals surface area contributed by atoms with E-state index in [-0.39, 0.29) is 36.1 Å². The fourth-order valence-corrected chi connectivity index (χ4v) is 6.40. The monoisotopic (exact) mass is 476 g/mol. The minimum atomic E-state index is -4.03. The van der Waals surface area contributed by atoms with Crippen LogP contribution in [-0.4, -0.2) is 53.8 Å². The summed E-state index contributed by atoms with van der Waals surface area (Å²) in [6, 6.07) is 3.60. The lowest BCUT2D eigenvalue weighted by atomic mass is 9.99. The highest BCUT2D eigenvalue weighted by Gasteiger charge is 2.39. The van der Waals surface area contributed by atoms with Gasteiger partial charge in [-0.1, -0.05) is 0 Å². The van der Waals surface area contributed by atoms with Gasteiger partial charge in [0.2, 0.25) is 15.9 Å². The number of amides is 1. The van der Waals surface area contributed by atoms with Crippen LogP contribution in [0.3, 0.4) is 0 Å². The van der Waals surface area contributed by atoms with Crippen molar-refractivity contribution in [1.29, 1.82) is 0 Å². The first-order chi connectivity index (χ1) is 15.6. The minimum Gasteiger partial charge on any atom is -0.462 e. The molecule has 9 nitrogen and oxygen atoms in total. The van der Waals surface area contributed by atoms with Gasteiger partial charge in [0, 0.05) is 37.2 Å². The minimum absolute atomic E-state index is 0.0262. The molecule has 1 fully saturated rings. The Balaban J connectivity index is 1.91. The predicted molar refractivity (Wildman–Crippen MR) is 125 cm³/mol. The normalized spacial score (nSPS) is 17.1. The summed E-state index contributed by atoms with van der Waals surface area (Å²) in [6.45, 7) is 9.90. The molecule has 0 spiro atoms. The average Bonchev–Trinajstić information content (AvgIpc) is 3.04. The highest BCUT2D eigenvalue weighted by molar-refractivity contribution is 7.89. The van der Waals surface area contributed by atoms with Gasteiger partial charge < -0.3 is 14.6 Å².